The average Bonchev–Trinajstić information content (AvgIpc) is 3.27. The Morgan fingerprint density at radius 1 is 0.871 bits per heavy atom. The van der Waals surface area contributed by atoms with Crippen molar-refractivity contribution in [2.24, 2.45) is 0 Å². The van der Waals surface area contributed by atoms with Gasteiger partial charge in [-0.25, -0.2) is 16.8 Å². The summed E-state index contributed by atoms with van der Waals surface area (Å²) in [7, 11) is -7.46. The highest BCUT2D eigenvalue weighted by Gasteiger charge is 2.34. The lowest BCUT2D eigenvalue weighted by Crippen LogP contribution is -2.50. The highest BCUT2D eigenvalue weighted by Crippen LogP contribution is 2.26. The molecule has 1 aliphatic rings. The van der Waals surface area contributed by atoms with Gasteiger partial charge in [0.25, 0.3) is 0 Å². The Balaban J connectivity index is 1.48. The molecule has 11 heteroatoms. The molecule has 0 aliphatic carbocycles. The van der Waals surface area contributed by atoms with Crippen LogP contribution in [0.2, 0.25) is 0 Å². The second kappa shape index (κ2) is 8.91. The van der Waals surface area contributed by atoms with Gasteiger partial charge in [-0.05, 0) is 42.7 Å². The van der Waals surface area contributed by atoms with Crippen LogP contribution in [-0.2, 0) is 26.5 Å². The van der Waals surface area contributed by atoms with Crippen molar-refractivity contribution < 1.29 is 16.8 Å². The van der Waals surface area contributed by atoms with Crippen LogP contribution in [0.5, 0.6) is 0 Å². The lowest BCUT2D eigenvalue weighted by molar-refractivity contribution is 0.273. The number of rotatable bonds is 7. The Hall–Kier alpha value is -1.92. The number of benzene rings is 2. The third-order valence-corrected chi connectivity index (χ3v) is 9.83. The summed E-state index contributed by atoms with van der Waals surface area (Å²) in [5.74, 6) is 0. The van der Waals surface area contributed by atoms with Crippen LogP contribution in [0.25, 0.3) is 11.0 Å². The summed E-state index contributed by atoms with van der Waals surface area (Å²) in [6.07, 6.45) is 3.07. The fourth-order valence-corrected chi connectivity index (χ4v) is 7.23. The second-order valence-corrected chi connectivity index (χ2v) is 11.8. The zero-order valence-corrected chi connectivity index (χ0v) is 19.6. The molecule has 3 aromatic rings. The van der Waals surface area contributed by atoms with E-state index in [-0.39, 0.29) is 36.0 Å². The van der Waals surface area contributed by atoms with E-state index in [1.54, 1.807) is 24.3 Å². The molecule has 1 fully saturated rings. The van der Waals surface area contributed by atoms with Crippen molar-refractivity contribution in [3.05, 3.63) is 48.0 Å². The van der Waals surface area contributed by atoms with E-state index in [1.165, 1.54) is 14.7 Å². The SMILES string of the molecule is CCCCc1ccc(S(=O)(=O)N2CCN(S(=O)(=O)c3cccc4nsnc34)CC2)cc1. The lowest BCUT2D eigenvalue weighted by atomic mass is 10.1. The number of aryl methyl sites for hydroxylation is 1. The molecule has 0 bridgehead atoms. The van der Waals surface area contributed by atoms with Crippen LogP contribution >= 0.6 is 11.7 Å². The zero-order chi connectivity index (χ0) is 22.1. The minimum Gasteiger partial charge on any atom is -0.207 e. The summed E-state index contributed by atoms with van der Waals surface area (Å²) in [6, 6.07) is 11.9. The lowest BCUT2D eigenvalue weighted by Gasteiger charge is -2.33. The fraction of sp³-hybridized carbons (Fsp3) is 0.400. The summed E-state index contributed by atoms with van der Waals surface area (Å²) >= 11 is 0.966. The van der Waals surface area contributed by atoms with Crippen molar-refractivity contribution in [3.63, 3.8) is 0 Å². The topological polar surface area (TPSA) is 101 Å². The van der Waals surface area contributed by atoms with Crippen molar-refractivity contribution >= 4 is 42.8 Å². The highest BCUT2D eigenvalue weighted by atomic mass is 32.2. The van der Waals surface area contributed by atoms with Crippen LogP contribution in [0, 0.1) is 0 Å². The number of hydrogen-bond acceptors (Lipinski definition) is 7. The standard InChI is InChI=1S/C20H24N4O4S3/c1-2-3-5-16-8-10-17(11-9-16)30(25,26)23-12-14-24(15-13-23)31(27,28)19-7-4-6-18-20(19)22-29-21-18/h4,6-11H,2-3,5,12-15H2,1H3. The van der Waals surface area contributed by atoms with Gasteiger partial charge in [-0.2, -0.15) is 17.4 Å². The van der Waals surface area contributed by atoms with E-state index in [2.05, 4.69) is 15.7 Å². The molecule has 8 nitrogen and oxygen atoms in total. The Bertz CT molecular complexity index is 1260. The van der Waals surface area contributed by atoms with Gasteiger partial charge in [0.2, 0.25) is 20.0 Å². The van der Waals surface area contributed by atoms with E-state index in [4.69, 9.17) is 0 Å². The third kappa shape index (κ3) is 4.37. The van der Waals surface area contributed by atoms with Crippen LogP contribution < -0.4 is 0 Å². The maximum absolute atomic E-state index is 13.1. The van der Waals surface area contributed by atoms with Crippen LogP contribution in [0.4, 0.5) is 0 Å². The molecule has 1 aliphatic heterocycles. The Kier molecular flexibility index (Phi) is 6.40. The number of aromatic nitrogens is 2. The molecule has 0 radical (unpaired) electrons. The van der Waals surface area contributed by atoms with Gasteiger partial charge in [0.1, 0.15) is 15.9 Å². The Morgan fingerprint density at radius 3 is 2.16 bits per heavy atom. The molecule has 2 aromatic carbocycles. The molecule has 2 heterocycles. The number of fused-ring (bicyclic) bond motifs is 1. The van der Waals surface area contributed by atoms with Crippen molar-refractivity contribution in [1.29, 1.82) is 0 Å². The first kappa shape index (κ1) is 22.3. The Morgan fingerprint density at radius 2 is 1.52 bits per heavy atom. The first-order chi connectivity index (χ1) is 14.8. The Labute approximate surface area is 186 Å². The third-order valence-electron chi connectivity index (χ3n) is 5.44. The number of hydrogen-bond donors (Lipinski definition) is 0. The van der Waals surface area contributed by atoms with Gasteiger partial charge >= 0.3 is 0 Å². The smallest absolute Gasteiger partial charge is 0.207 e. The fourth-order valence-electron chi connectivity index (χ4n) is 3.64. The van der Waals surface area contributed by atoms with E-state index >= 15 is 0 Å². The van der Waals surface area contributed by atoms with Crippen molar-refractivity contribution in [2.45, 2.75) is 36.0 Å². The molecule has 0 N–H and O–H groups in total. The number of nitrogens with zero attached hydrogens (tertiary/aromatic N) is 4. The van der Waals surface area contributed by atoms with Gasteiger partial charge in [0, 0.05) is 26.2 Å². The minimum absolute atomic E-state index is 0.0874. The van der Waals surface area contributed by atoms with Crippen molar-refractivity contribution in [3.8, 4) is 0 Å². The molecular weight excluding hydrogens is 456 g/mol. The second-order valence-electron chi connectivity index (χ2n) is 7.44. The maximum Gasteiger partial charge on any atom is 0.245 e. The highest BCUT2D eigenvalue weighted by molar-refractivity contribution is 7.89. The molecule has 4 rings (SSSR count). The van der Waals surface area contributed by atoms with Gasteiger partial charge < -0.3 is 0 Å². The summed E-state index contributed by atoms with van der Waals surface area (Å²) in [4.78, 5) is 0.347. The van der Waals surface area contributed by atoms with Crippen molar-refractivity contribution in [2.75, 3.05) is 26.2 Å². The molecule has 166 valence electrons. The molecule has 0 unspecified atom stereocenters. The van der Waals surface area contributed by atoms with E-state index in [0.717, 1.165) is 36.6 Å². The van der Waals surface area contributed by atoms with E-state index in [9.17, 15) is 16.8 Å². The minimum atomic E-state index is -3.79. The zero-order valence-electron chi connectivity index (χ0n) is 17.1. The van der Waals surface area contributed by atoms with Gasteiger partial charge in [-0.1, -0.05) is 31.5 Å². The maximum atomic E-state index is 13.1. The van der Waals surface area contributed by atoms with E-state index in [1.807, 2.05) is 12.1 Å². The summed E-state index contributed by atoms with van der Waals surface area (Å²) in [5, 5.41) is 0. The van der Waals surface area contributed by atoms with Crippen LogP contribution in [0.1, 0.15) is 25.3 Å². The number of sulfonamides is 2. The predicted molar refractivity (Wildman–Crippen MR) is 120 cm³/mol. The monoisotopic (exact) mass is 480 g/mol. The summed E-state index contributed by atoms with van der Waals surface area (Å²) in [6.45, 7) is 2.50. The van der Waals surface area contributed by atoms with Crippen molar-refractivity contribution in [1.82, 2.24) is 17.4 Å². The summed E-state index contributed by atoms with van der Waals surface area (Å²) in [5.41, 5.74) is 2.00. The van der Waals surface area contributed by atoms with Crippen LogP contribution in [0.15, 0.2) is 52.3 Å². The quantitative estimate of drug-likeness (QED) is 0.515. The van der Waals surface area contributed by atoms with Gasteiger partial charge in [-0.3, -0.25) is 0 Å². The molecule has 1 aromatic heterocycles. The molecule has 0 amide bonds. The molecule has 0 spiro atoms. The van der Waals surface area contributed by atoms with E-state index in [0.29, 0.717) is 11.0 Å². The molecule has 0 atom stereocenters. The average molecular weight is 481 g/mol. The normalized spacial score (nSPS) is 16.7. The molecule has 0 saturated carbocycles. The van der Waals surface area contributed by atoms with Gasteiger partial charge in [0.15, 0.2) is 0 Å². The predicted octanol–water partition coefficient (Wildman–Crippen LogP) is 2.73. The van der Waals surface area contributed by atoms with Gasteiger partial charge in [-0.15, -0.1) is 0 Å². The first-order valence-corrected chi connectivity index (χ1v) is 13.8. The van der Waals surface area contributed by atoms with Crippen LogP contribution in [0.3, 0.4) is 0 Å². The van der Waals surface area contributed by atoms with Crippen LogP contribution in [-0.4, -0.2) is 60.4 Å². The number of unbranched alkanes of at least 4 members (excludes halogenated alkanes) is 1. The molecule has 31 heavy (non-hydrogen) atoms. The van der Waals surface area contributed by atoms with E-state index < -0.39 is 20.0 Å². The molecule has 1 saturated heterocycles. The number of piperazine rings is 1. The molecular formula is C20H24N4O4S3. The first-order valence-electron chi connectivity index (χ1n) is 10.1. The summed E-state index contributed by atoms with van der Waals surface area (Å²) < 4.78 is 63.2. The van der Waals surface area contributed by atoms with Gasteiger partial charge in [0.05, 0.1) is 16.6 Å². The largest absolute Gasteiger partial charge is 0.245 e.